The third-order valence-electron chi connectivity index (χ3n) is 3.82. The summed E-state index contributed by atoms with van der Waals surface area (Å²) in [5.41, 5.74) is 1.72. The smallest absolute Gasteiger partial charge is 0.234 e. The maximum absolute atomic E-state index is 12.3. The molecular weight excluding hydrogens is 290 g/mol. The number of imide groups is 1. The second-order valence-corrected chi connectivity index (χ2v) is 5.62. The van der Waals surface area contributed by atoms with E-state index in [0.717, 1.165) is 11.3 Å². The molecule has 1 aliphatic rings. The lowest BCUT2D eigenvalue weighted by Crippen LogP contribution is -2.43. The van der Waals surface area contributed by atoms with Gasteiger partial charge in [0.15, 0.2) is 0 Å². The van der Waals surface area contributed by atoms with Gasteiger partial charge in [-0.1, -0.05) is 23.7 Å². The van der Waals surface area contributed by atoms with E-state index in [9.17, 15) is 9.59 Å². The maximum Gasteiger partial charge on any atom is 0.234 e. The summed E-state index contributed by atoms with van der Waals surface area (Å²) in [4.78, 5) is 28.1. The van der Waals surface area contributed by atoms with Gasteiger partial charge < -0.3 is 4.57 Å². The average molecular weight is 304 g/mol. The van der Waals surface area contributed by atoms with E-state index in [0.29, 0.717) is 5.02 Å². The molecule has 1 fully saturated rings. The van der Waals surface area contributed by atoms with Crippen LogP contribution in [0.2, 0.25) is 5.02 Å². The molecule has 108 valence electrons. The van der Waals surface area contributed by atoms with E-state index >= 15 is 0 Å². The van der Waals surface area contributed by atoms with E-state index in [1.54, 1.807) is 24.7 Å². The van der Waals surface area contributed by atoms with Crippen LogP contribution in [0.4, 0.5) is 0 Å². The summed E-state index contributed by atoms with van der Waals surface area (Å²) in [7, 11) is 1.86. The number of hydrogen-bond acceptors (Lipinski definition) is 3. The summed E-state index contributed by atoms with van der Waals surface area (Å²) in [6.45, 7) is 0. The minimum absolute atomic E-state index is 0.222. The van der Waals surface area contributed by atoms with Crippen molar-refractivity contribution < 1.29 is 9.59 Å². The van der Waals surface area contributed by atoms with Crippen molar-refractivity contribution in [2.24, 2.45) is 7.05 Å². The average Bonchev–Trinajstić information content (AvgIpc) is 2.85. The molecule has 1 N–H and O–H groups in total. The van der Waals surface area contributed by atoms with Crippen LogP contribution in [0, 0.1) is 0 Å². The summed E-state index contributed by atoms with van der Waals surface area (Å²) in [6.07, 6.45) is 3.64. The Morgan fingerprint density at radius 2 is 2.00 bits per heavy atom. The molecule has 1 aliphatic heterocycles. The van der Waals surface area contributed by atoms with Crippen molar-refractivity contribution in [2.45, 2.75) is 18.3 Å². The van der Waals surface area contributed by atoms with Crippen LogP contribution in [0.3, 0.4) is 0 Å². The Hall–Kier alpha value is -2.14. The molecule has 1 saturated heterocycles. The van der Waals surface area contributed by atoms with Crippen LogP contribution in [0.1, 0.15) is 29.5 Å². The van der Waals surface area contributed by atoms with Crippen molar-refractivity contribution in [3.63, 3.8) is 0 Å². The third-order valence-corrected chi connectivity index (χ3v) is 4.07. The summed E-state index contributed by atoms with van der Waals surface area (Å²) >= 11 is 5.90. The molecule has 0 spiro atoms. The Bertz CT molecular complexity index is 693. The first-order valence-electron chi connectivity index (χ1n) is 6.61. The highest BCUT2D eigenvalue weighted by molar-refractivity contribution is 6.30. The molecule has 2 amide bonds. The number of piperidine rings is 1. The number of rotatable bonds is 2. The van der Waals surface area contributed by atoms with Gasteiger partial charge in [0.2, 0.25) is 11.8 Å². The molecule has 1 aromatic heterocycles. The topological polar surface area (TPSA) is 64.0 Å². The standard InChI is InChI=1S/C15H14ClN3O2/c1-19-8-17-7-12(19)11-6-13(20)18-15(21)14(11)9-2-4-10(16)5-3-9/h2-5,7-8,11,14H,6H2,1H3,(H,18,20,21). The van der Waals surface area contributed by atoms with Gasteiger partial charge in [-0.25, -0.2) is 4.98 Å². The van der Waals surface area contributed by atoms with Crippen molar-refractivity contribution in [1.82, 2.24) is 14.9 Å². The lowest BCUT2D eigenvalue weighted by molar-refractivity contribution is -0.135. The van der Waals surface area contributed by atoms with Gasteiger partial charge in [-0.05, 0) is 17.7 Å². The lowest BCUT2D eigenvalue weighted by Gasteiger charge is -2.30. The van der Waals surface area contributed by atoms with Gasteiger partial charge in [0.05, 0.1) is 12.2 Å². The van der Waals surface area contributed by atoms with Gasteiger partial charge in [-0.3, -0.25) is 14.9 Å². The molecule has 2 unspecified atom stereocenters. The van der Waals surface area contributed by atoms with Crippen molar-refractivity contribution in [2.75, 3.05) is 0 Å². The monoisotopic (exact) mass is 303 g/mol. The molecule has 2 aromatic rings. The van der Waals surface area contributed by atoms with E-state index in [1.807, 2.05) is 23.7 Å². The van der Waals surface area contributed by atoms with E-state index in [2.05, 4.69) is 10.3 Å². The fraction of sp³-hybridized carbons (Fsp3) is 0.267. The van der Waals surface area contributed by atoms with Gasteiger partial charge in [-0.15, -0.1) is 0 Å². The van der Waals surface area contributed by atoms with Crippen molar-refractivity contribution in [1.29, 1.82) is 0 Å². The van der Waals surface area contributed by atoms with Crippen molar-refractivity contribution in [3.05, 3.63) is 53.1 Å². The van der Waals surface area contributed by atoms with Crippen LogP contribution in [0.5, 0.6) is 0 Å². The Kier molecular flexibility index (Phi) is 3.51. The minimum atomic E-state index is -0.421. The fourth-order valence-electron chi connectivity index (χ4n) is 2.82. The number of amides is 2. The first-order valence-corrected chi connectivity index (χ1v) is 6.99. The number of nitrogens with zero attached hydrogens (tertiary/aromatic N) is 2. The van der Waals surface area contributed by atoms with Crippen LogP contribution in [-0.4, -0.2) is 21.4 Å². The highest BCUT2D eigenvalue weighted by Gasteiger charge is 2.39. The number of carbonyl (C=O) groups is 2. The summed E-state index contributed by atoms with van der Waals surface area (Å²) in [5.74, 6) is -1.17. The number of aryl methyl sites for hydroxylation is 1. The van der Waals surface area contributed by atoms with E-state index < -0.39 is 5.92 Å². The summed E-state index contributed by atoms with van der Waals surface area (Å²) < 4.78 is 1.85. The molecular formula is C15H14ClN3O2. The predicted octanol–water partition coefficient (Wildman–Crippen LogP) is 1.99. The van der Waals surface area contributed by atoms with Gasteiger partial charge in [0.25, 0.3) is 0 Å². The van der Waals surface area contributed by atoms with Gasteiger partial charge in [0, 0.05) is 36.3 Å². The first kappa shape index (κ1) is 13.8. The van der Waals surface area contributed by atoms with E-state index in [-0.39, 0.29) is 24.2 Å². The second-order valence-electron chi connectivity index (χ2n) is 5.18. The minimum Gasteiger partial charge on any atom is -0.337 e. The second kappa shape index (κ2) is 5.33. The van der Waals surface area contributed by atoms with Crippen LogP contribution in [0.25, 0.3) is 0 Å². The van der Waals surface area contributed by atoms with Crippen LogP contribution in [0.15, 0.2) is 36.8 Å². The van der Waals surface area contributed by atoms with Crippen LogP contribution >= 0.6 is 11.6 Å². The predicted molar refractivity (Wildman–Crippen MR) is 77.9 cm³/mol. The van der Waals surface area contributed by atoms with Crippen molar-refractivity contribution >= 4 is 23.4 Å². The van der Waals surface area contributed by atoms with Crippen molar-refractivity contribution in [3.8, 4) is 0 Å². The van der Waals surface area contributed by atoms with Crippen LogP contribution < -0.4 is 5.32 Å². The van der Waals surface area contributed by atoms with Gasteiger partial charge in [-0.2, -0.15) is 0 Å². The first-order chi connectivity index (χ1) is 10.1. The summed E-state index contributed by atoms with van der Waals surface area (Å²) in [6, 6.07) is 7.15. The zero-order valence-corrected chi connectivity index (χ0v) is 12.2. The number of imidazole rings is 1. The molecule has 1 aromatic carbocycles. The molecule has 6 heteroatoms. The highest BCUT2D eigenvalue weighted by atomic mass is 35.5. The Morgan fingerprint density at radius 1 is 1.29 bits per heavy atom. The number of aromatic nitrogens is 2. The molecule has 0 saturated carbocycles. The summed E-state index contributed by atoms with van der Waals surface area (Å²) in [5, 5.41) is 3.03. The zero-order valence-electron chi connectivity index (χ0n) is 11.4. The zero-order chi connectivity index (χ0) is 15.0. The maximum atomic E-state index is 12.3. The Balaban J connectivity index is 2.05. The van der Waals surface area contributed by atoms with E-state index in [1.165, 1.54) is 0 Å². The lowest BCUT2D eigenvalue weighted by atomic mass is 9.79. The molecule has 2 heterocycles. The number of halogens is 1. The normalized spacial score (nSPS) is 22.2. The Morgan fingerprint density at radius 3 is 2.62 bits per heavy atom. The van der Waals surface area contributed by atoms with Crippen LogP contribution in [-0.2, 0) is 16.6 Å². The number of benzene rings is 1. The molecule has 3 rings (SSSR count). The van der Waals surface area contributed by atoms with Gasteiger partial charge >= 0.3 is 0 Å². The molecule has 21 heavy (non-hydrogen) atoms. The molecule has 5 nitrogen and oxygen atoms in total. The van der Waals surface area contributed by atoms with Gasteiger partial charge in [0.1, 0.15) is 0 Å². The number of carbonyl (C=O) groups excluding carboxylic acids is 2. The van der Waals surface area contributed by atoms with E-state index in [4.69, 9.17) is 11.6 Å². The SMILES string of the molecule is Cn1cncc1C1CC(=O)NC(=O)C1c1ccc(Cl)cc1. The molecule has 0 bridgehead atoms. The quantitative estimate of drug-likeness (QED) is 0.863. The highest BCUT2D eigenvalue weighted by Crippen LogP contribution is 2.38. The third kappa shape index (κ3) is 2.56. The largest absolute Gasteiger partial charge is 0.337 e. The number of nitrogens with one attached hydrogen (secondary N) is 1. The molecule has 2 atom stereocenters. The number of hydrogen-bond donors (Lipinski definition) is 1. The Labute approximate surface area is 126 Å². The molecule has 0 aliphatic carbocycles. The molecule has 0 radical (unpaired) electrons. The fourth-order valence-corrected chi connectivity index (χ4v) is 2.95.